The summed E-state index contributed by atoms with van der Waals surface area (Å²) in [6.07, 6.45) is 3.77. The Labute approximate surface area is 183 Å². The quantitative estimate of drug-likeness (QED) is 0.663. The fourth-order valence-corrected chi connectivity index (χ4v) is 4.08. The van der Waals surface area contributed by atoms with Crippen molar-refractivity contribution in [1.29, 1.82) is 0 Å². The van der Waals surface area contributed by atoms with Crippen LogP contribution in [0.2, 0.25) is 0 Å². The molecule has 0 saturated carbocycles. The molecule has 1 atom stereocenters. The van der Waals surface area contributed by atoms with Gasteiger partial charge < -0.3 is 10.4 Å². The third-order valence-electron chi connectivity index (χ3n) is 5.98. The first-order chi connectivity index (χ1) is 13.9. The molecule has 0 spiro atoms. The fraction of sp³-hybridized carbons (Fsp3) is 0.591. The van der Waals surface area contributed by atoms with Gasteiger partial charge in [-0.3, -0.25) is 4.79 Å². The van der Waals surface area contributed by atoms with E-state index in [2.05, 4.69) is 10.4 Å². The lowest BCUT2D eigenvalue weighted by atomic mass is 9.89. The van der Waals surface area contributed by atoms with Crippen LogP contribution in [0.1, 0.15) is 44.5 Å². The molecule has 1 aliphatic rings. The van der Waals surface area contributed by atoms with Crippen LogP contribution in [0.25, 0.3) is 5.69 Å². The predicted octanol–water partition coefficient (Wildman–Crippen LogP) is 3.05. The average Bonchev–Trinajstić information content (AvgIpc) is 2.98. The number of carbonyl (C=O) groups is 1. The molecule has 7 nitrogen and oxygen atoms in total. The second-order valence-corrected chi connectivity index (χ2v) is 8.43. The van der Waals surface area contributed by atoms with Crippen molar-refractivity contribution < 1.29 is 9.90 Å². The fourth-order valence-electron chi connectivity index (χ4n) is 4.08. The van der Waals surface area contributed by atoms with E-state index in [0.29, 0.717) is 24.7 Å². The summed E-state index contributed by atoms with van der Waals surface area (Å²) < 4.78 is 3.20. The largest absolute Gasteiger partial charge is 0.481 e. The van der Waals surface area contributed by atoms with Gasteiger partial charge in [-0.15, -0.1) is 12.4 Å². The second kappa shape index (κ2) is 10.8. The minimum atomic E-state index is -0.772. The minimum Gasteiger partial charge on any atom is -0.481 e. The summed E-state index contributed by atoms with van der Waals surface area (Å²) in [5, 5.41) is 17.2. The number of carboxylic acid groups (broad SMARTS) is 1. The second-order valence-electron chi connectivity index (χ2n) is 8.43. The maximum absolute atomic E-state index is 12.9. The van der Waals surface area contributed by atoms with Gasteiger partial charge in [0.2, 0.25) is 0 Å². The Morgan fingerprint density at radius 1 is 1.23 bits per heavy atom. The van der Waals surface area contributed by atoms with E-state index >= 15 is 0 Å². The Morgan fingerprint density at radius 3 is 2.43 bits per heavy atom. The summed E-state index contributed by atoms with van der Waals surface area (Å²) in [6, 6.07) is 7.57. The zero-order valence-corrected chi connectivity index (χ0v) is 18.8. The molecule has 1 fully saturated rings. The summed E-state index contributed by atoms with van der Waals surface area (Å²) in [6.45, 7) is 8.44. The lowest BCUT2D eigenvalue weighted by Gasteiger charge is -2.22. The Morgan fingerprint density at radius 2 is 1.87 bits per heavy atom. The Kier molecular flexibility index (Phi) is 8.67. The molecule has 2 N–H and O–H groups in total. The molecule has 1 aromatic heterocycles. The first-order valence-corrected chi connectivity index (χ1v) is 10.6. The zero-order valence-electron chi connectivity index (χ0n) is 18.0. The SMILES string of the molecule is Cc1nn(CCC2CCNCC2)c(=O)n1-c1ccc(CC(C(=O)O)C(C)C)cc1.Cl. The van der Waals surface area contributed by atoms with Crippen LogP contribution in [-0.2, 0) is 17.8 Å². The number of hydrogen-bond acceptors (Lipinski definition) is 4. The standard InChI is InChI=1S/C22H32N4O3.ClH/c1-15(2)20(21(27)28)14-18-4-6-19(7-5-18)26-16(3)24-25(22(26)29)13-10-17-8-11-23-12-9-17;/h4-7,15,17,20,23H,8-14H2,1-3H3,(H,27,28);1H. The van der Waals surface area contributed by atoms with Crippen LogP contribution in [0.5, 0.6) is 0 Å². The predicted molar refractivity (Wildman–Crippen MR) is 120 cm³/mol. The summed E-state index contributed by atoms with van der Waals surface area (Å²) >= 11 is 0. The average molecular weight is 437 g/mol. The number of carboxylic acids is 1. The third-order valence-corrected chi connectivity index (χ3v) is 5.98. The van der Waals surface area contributed by atoms with Crippen LogP contribution in [-0.4, -0.2) is 38.5 Å². The molecule has 166 valence electrons. The van der Waals surface area contributed by atoms with Crippen LogP contribution >= 0.6 is 12.4 Å². The molecule has 2 aromatic rings. The maximum Gasteiger partial charge on any atom is 0.350 e. The number of rotatable bonds is 8. The van der Waals surface area contributed by atoms with Gasteiger partial charge in [0, 0.05) is 6.54 Å². The molecule has 3 rings (SSSR count). The van der Waals surface area contributed by atoms with E-state index in [1.807, 2.05) is 45.0 Å². The molecular formula is C22H33ClN4O3. The van der Waals surface area contributed by atoms with E-state index < -0.39 is 11.9 Å². The highest BCUT2D eigenvalue weighted by Crippen LogP contribution is 2.19. The smallest absolute Gasteiger partial charge is 0.350 e. The van der Waals surface area contributed by atoms with Crippen LogP contribution in [0.3, 0.4) is 0 Å². The number of nitrogens with zero attached hydrogens (tertiary/aromatic N) is 3. The van der Waals surface area contributed by atoms with Gasteiger partial charge in [-0.05, 0) is 75.2 Å². The van der Waals surface area contributed by atoms with E-state index in [1.54, 1.807) is 9.25 Å². The number of nitrogens with one attached hydrogen (secondary N) is 1. The highest BCUT2D eigenvalue weighted by Gasteiger charge is 2.22. The van der Waals surface area contributed by atoms with Gasteiger partial charge in [0.25, 0.3) is 0 Å². The van der Waals surface area contributed by atoms with E-state index in [4.69, 9.17) is 0 Å². The number of aliphatic carboxylic acids is 1. The van der Waals surface area contributed by atoms with E-state index in [0.717, 1.165) is 43.6 Å². The number of aryl methyl sites for hydroxylation is 2. The van der Waals surface area contributed by atoms with Crippen LogP contribution in [0.4, 0.5) is 0 Å². The lowest BCUT2D eigenvalue weighted by Crippen LogP contribution is -2.30. The molecular weight excluding hydrogens is 404 g/mol. The highest BCUT2D eigenvalue weighted by atomic mass is 35.5. The molecule has 1 aromatic carbocycles. The van der Waals surface area contributed by atoms with Gasteiger partial charge >= 0.3 is 11.7 Å². The van der Waals surface area contributed by atoms with Gasteiger partial charge in [0.15, 0.2) is 0 Å². The third kappa shape index (κ3) is 5.73. The molecule has 0 amide bonds. The number of halogens is 1. The number of piperidine rings is 1. The van der Waals surface area contributed by atoms with Gasteiger partial charge in [0.1, 0.15) is 5.82 Å². The monoisotopic (exact) mass is 436 g/mol. The Bertz CT molecular complexity index is 883. The van der Waals surface area contributed by atoms with E-state index in [9.17, 15) is 14.7 Å². The summed E-state index contributed by atoms with van der Waals surface area (Å²) in [7, 11) is 0. The van der Waals surface area contributed by atoms with Gasteiger partial charge in [0.05, 0.1) is 11.6 Å². The number of aromatic nitrogens is 3. The molecule has 1 unspecified atom stereocenters. The Hall–Kier alpha value is -2.12. The maximum atomic E-state index is 12.9. The molecule has 1 saturated heterocycles. The molecule has 0 radical (unpaired) electrons. The zero-order chi connectivity index (χ0) is 21.0. The molecule has 0 bridgehead atoms. The molecule has 30 heavy (non-hydrogen) atoms. The van der Waals surface area contributed by atoms with Gasteiger partial charge in [-0.2, -0.15) is 5.10 Å². The van der Waals surface area contributed by atoms with Gasteiger partial charge in [-0.25, -0.2) is 14.0 Å². The van der Waals surface area contributed by atoms with Crippen molar-refractivity contribution in [2.75, 3.05) is 13.1 Å². The number of benzene rings is 1. The summed E-state index contributed by atoms with van der Waals surface area (Å²) in [4.78, 5) is 24.3. The van der Waals surface area contributed by atoms with Crippen molar-refractivity contribution >= 4 is 18.4 Å². The van der Waals surface area contributed by atoms with Crippen molar-refractivity contribution in [2.45, 2.75) is 53.0 Å². The van der Waals surface area contributed by atoms with Crippen molar-refractivity contribution in [3.63, 3.8) is 0 Å². The normalized spacial score (nSPS) is 15.7. The molecule has 2 heterocycles. The lowest BCUT2D eigenvalue weighted by molar-refractivity contribution is -0.143. The topological polar surface area (TPSA) is 89.2 Å². The minimum absolute atomic E-state index is 0. The number of hydrogen-bond donors (Lipinski definition) is 2. The highest BCUT2D eigenvalue weighted by molar-refractivity contribution is 5.85. The van der Waals surface area contributed by atoms with Crippen molar-refractivity contribution in [3.05, 3.63) is 46.1 Å². The van der Waals surface area contributed by atoms with Crippen LogP contribution < -0.4 is 11.0 Å². The van der Waals surface area contributed by atoms with Crippen molar-refractivity contribution in [3.8, 4) is 5.69 Å². The molecule has 8 heteroatoms. The van der Waals surface area contributed by atoms with Crippen molar-refractivity contribution in [1.82, 2.24) is 19.7 Å². The molecule has 0 aliphatic carbocycles. The molecule has 1 aliphatic heterocycles. The summed E-state index contributed by atoms with van der Waals surface area (Å²) in [5.74, 6) is 0.194. The Balaban J connectivity index is 0.00000320. The summed E-state index contributed by atoms with van der Waals surface area (Å²) in [5.41, 5.74) is 1.61. The van der Waals surface area contributed by atoms with Crippen LogP contribution in [0, 0.1) is 24.7 Å². The first-order valence-electron chi connectivity index (χ1n) is 10.6. The van der Waals surface area contributed by atoms with Gasteiger partial charge in [-0.1, -0.05) is 26.0 Å². The van der Waals surface area contributed by atoms with E-state index in [-0.39, 0.29) is 24.0 Å². The first kappa shape index (κ1) is 24.2. The van der Waals surface area contributed by atoms with E-state index in [1.165, 1.54) is 0 Å². The van der Waals surface area contributed by atoms with Crippen molar-refractivity contribution in [2.24, 2.45) is 17.8 Å². The van der Waals surface area contributed by atoms with Crippen LogP contribution in [0.15, 0.2) is 29.1 Å².